The minimum absolute atomic E-state index is 0.0338. The van der Waals surface area contributed by atoms with Crippen LogP contribution in [0.4, 0.5) is 11.4 Å². The van der Waals surface area contributed by atoms with Crippen LogP contribution in [0.2, 0.25) is 5.02 Å². The van der Waals surface area contributed by atoms with Crippen LogP contribution in [0, 0.1) is 16.0 Å². The van der Waals surface area contributed by atoms with Crippen LogP contribution in [0.5, 0.6) is 0 Å². The van der Waals surface area contributed by atoms with Crippen LogP contribution in [0.1, 0.15) is 13.8 Å². The van der Waals surface area contributed by atoms with E-state index in [1.54, 1.807) is 12.1 Å². The summed E-state index contributed by atoms with van der Waals surface area (Å²) in [5, 5.41) is 14.1. The van der Waals surface area contributed by atoms with E-state index in [-0.39, 0.29) is 11.7 Å². The molecule has 5 nitrogen and oxygen atoms in total. The van der Waals surface area contributed by atoms with E-state index in [0.29, 0.717) is 23.2 Å². The predicted octanol–water partition coefficient (Wildman–Crippen LogP) is 2.64. The van der Waals surface area contributed by atoms with Crippen LogP contribution in [-0.2, 0) is 0 Å². The summed E-state index contributed by atoms with van der Waals surface area (Å²) in [6, 6.07) is 4.49. The molecule has 94 valence electrons. The Morgan fingerprint density at radius 3 is 2.71 bits per heavy atom. The number of hydrogen-bond donors (Lipinski definition) is 2. The van der Waals surface area contributed by atoms with Gasteiger partial charge in [0.1, 0.15) is 5.69 Å². The third-order valence-corrected chi connectivity index (χ3v) is 2.87. The molecule has 0 aromatic heterocycles. The van der Waals surface area contributed by atoms with Crippen LogP contribution in [0.3, 0.4) is 0 Å². The highest BCUT2D eigenvalue weighted by Crippen LogP contribution is 2.31. The molecule has 0 aliphatic carbocycles. The Morgan fingerprint density at radius 2 is 2.18 bits per heavy atom. The fraction of sp³-hybridized carbons (Fsp3) is 0.455. The highest BCUT2D eigenvalue weighted by atomic mass is 35.5. The summed E-state index contributed by atoms with van der Waals surface area (Å²) in [6.45, 7) is 4.43. The van der Waals surface area contributed by atoms with E-state index in [2.05, 4.69) is 5.32 Å². The lowest BCUT2D eigenvalue weighted by Gasteiger charge is -2.17. The molecular weight excluding hydrogens is 242 g/mol. The van der Waals surface area contributed by atoms with Crippen molar-refractivity contribution in [1.29, 1.82) is 0 Å². The topological polar surface area (TPSA) is 81.2 Å². The average molecular weight is 258 g/mol. The van der Waals surface area contributed by atoms with E-state index in [9.17, 15) is 10.1 Å². The largest absolute Gasteiger partial charge is 0.377 e. The number of nitro groups is 1. The van der Waals surface area contributed by atoms with Crippen molar-refractivity contribution in [1.82, 2.24) is 0 Å². The minimum Gasteiger partial charge on any atom is -0.377 e. The van der Waals surface area contributed by atoms with Crippen LogP contribution in [-0.4, -0.2) is 17.5 Å². The summed E-state index contributed by atoms with van der Waals surface area (Å²) in [7, 11) is 0. The number of rotatable bonds is 5. The molecule has 0 aliphatic heterocycles. The van der Waals surface area contributed by atoms with Gasteiger partial charge in [-0.25, -0.2) is 0 Å². The van der Waals surface area contributed by atoms with Crippen molar-refractivity contribution in [3.63, 3.8) is 0 Å². The Balaban J connectivity index is 2.86. The van der Waals surface area contributed by atoms with E-state index in [0.717, 1.165) is 0 Å². The van der Waals surface area contributed by atoms with Crippen LogP contribution < -0.4 is 11.1 Å². The predicted molar refractivity (Wildman–Crippen MR) is 69.4 cm³/mol. The molecule has 0 heterocycles. The molecule has 1 aromatic carbocycles. The van der Waals surface area contributed by atoms with Gasteiger partial charge in [-0.3, -0.25) is 10.1 Å². The second kappa shape index (κ2) is 5.84. The molecule has 0 amide bonds. The van der Waals surface area contributed by atoms with Gasteiger partial charge in [-0.05, 0) is 12.0 Å². The molecule has 0 aliphatic rings. The molecule has 1 aromatic rings. The van der Waals surface area contributed by atoms with Gasteiger partial charge in [-0.15, -0.1) is 0 Å². The number of nitrogens with one attached hydrogen (secondary N) is 1. The van der Waals surface area contributed by atoms with Gasteiger partial charge in [0.2, 0.25) is 0 Å². The van der Waals surface area contributed by atoms with Crippen LogP contribution in [0.15, 0.2) is 18.2 Å². The first-order chi connectivity index (χ1) is 7.93. The SMILES string of the molecule is CC(C)C(N)CNc1c(Cl)cccc1[N+](=O)[O-]. The fourth-order valence-electron chi connectivity index (χ4n) is 1.30. The second-order valence-electron chi connectivity index (χ2n) is 4.18. The number of nitrogens with zero attached hydrogens (tertiary/aromatic N) is 1. The summed E-state index contributed by atoms with van der Waals surface area (Å²) in [5.41, 5.74) is 6.16. The number of halogens is 1. The van der Waals surface area contributed by atoms with Crippen molar-refractivity contribution in [3.05, 3.63) is 33.3 Å². The molecule has 1 rings (SSSR count). The number of benzene rings is 1. The highest BCUT2D eigenvalue weighted by Gasteiger charge is 2.17. The highest BCUT2D eigenvalue weighted by molar-refractivity contribution is 6.33. The first kappa shape index (κ1) is 13.7. The molecule has 17 heavy (non-hydrogen) atoms. The van der Waals surface area contributed by atoms with Crippen molar-refractivity contribution >= 4 is 23.0 Å². The van der Waals surface area contributed by atoms with E-state index >= 15 is 0 Å². The summed E-state index contributed by atoms with van der Waals surface area (Å²) in [4.78, 5) is 10.4. The van der Waals surface area contributed by atoms with E-state index in [4.69, 9.17) is 17.3 Å². The molecular formula is C11H16ClN3O2. The first-order valence-corrected chi connectivity index (χ1v) is 5.73. The Morgan fingerprint density at radius 1 is 1.53 bits per heavy atom. The van der Waals surface area contributed by atoms with Gasteiger partial charge in [0.15, 0.2) is 0 Å². The summed E-state index contributed by atoms with van der Waals surface area (Å²) in [5.74, 6) is 0.295. The van der Waals surface area contributed by atoms with Gasteiger partial charge < -0.3 is 11.1 Å². The Hall–Kier alpha value is -1.33. The Labute approximate surface area is 105 Å². The lowest BCUT2D eigenvalue weighted by Crippen LogP contribution is -2.34. The molecule has 6 heteroatoms. The minimum atomic E-state index is -0.463. The third kappa shape index (κ3) is 3.57. The smallest absolute Gasteiger partial charge is 0.293 e. The van der Waals surface area contributed by atoms with Crippen molar-refractivity contribution < 1.29 is 4.92 Å². The van der Waals surface area contributed by atoms with Gasteiger partial charge in [0, 0.05) is 18.7 Å². The first-order valence-electron chi connectivity index (χ1n) is 5.35. The zero-order valence-corrected chi connectivity index (χ0v) is 10.6. The molecule has 1 unspecified atom stereocenters. The number of hydrogen-bond acceptors (Lipinski definition) is 4. The monoisotopic (exact) mass is 257 g/mol. The Kier molecular flexibility index (Phi) is 4.72. The molecule has 0 spiro atoms. The lowest BCUT2D eigenvalue weighted by atomic mass is 10.1. The van der Waals surface area contributed by atoms with Gasteiger partial charge in [-0.2, -0.15) is 0 Å². The molecule has 0 bridgehead atoms. The quantitative estimate of drug-likeness (QED) is 0.628. The fourth-order valence-corrected chi connectivity index (χ4v) is 1.53. The number of nitrogens with two attached hydrogens (primary N) is 1. The van der Waals surface area contributed by atoms with Crippen LogP contribution in [0.25, 0.3) is 0 Å². The van der Waals surface area contributed by atoms with Crippen molar-refractivity contribution in [2.75, 3.05) is 11.9 Å². The van der Waals surface area contributed by atoms with E-state index in [1.807, 2.05) is 13.8 Å². The maximum atomic E-state index is 10.8. The maximum absolute atomic E-state index is 10.8. The van der Waals surface area contributed by atoms with Crippen LogP contribution >= 0.6 is 11.6 Å². The molecule has 0 radical (unpaired) electrons. The molecule has 0 saturated heterocycles. The number of nitro benzene ring substituents is 1. The molecule has 0 saturated carbocycles. The zero-order chi connectivity index (χ0) is 13.0. The molecule has 0 fully saturated rings. The van der Waals surface area contributed by atoms with Gasteiger partial charge in [0.25, 0.3) is 5.69 Å². The summed E-state index contributed by atoms with van der Waals surface area (Å²) < 4.78 is 0. The number of para-hydroxylation sites is 1. The van der Waals surface area contributed by atoms with Crippen molar-refractivity contribution in [3.8, 4) is 0 Å². The standard InChI is InChI=1S/C11H16ClN3O2/c1-7(2)9(13)6-14-11-8(12)4-3-5-10(11)15(16)17/h3-5,7,9,14H,6,13H2,1-2H3. The normalized spacial score (nSPS) is 12.5. The van der Waals surface area contributed by atoms with E-state index in [1.165, 1.54) is 6.07 Å². The summed E-state index contributed by atoms with van der Waals surface area (Å²) in [6.07, 6.45) is 0. The van der Waals surface area contributed by atoms with Gasteiger partial charge in [0.05, 0.1) is 9.95 Å². The second-order valence-corrected chi connectivity index (χ2v) is 4.59. The van der Waals surface area contributed by atoms with Gasteiger partial charge in [-0.1, -0.05) is 31.5 Å². The maximum Gasteiger partial charge on any atom is 0.293 e. The third-order valence-electron chi connectivity index (χ3n) is 2.56. The molecule has 1 atom stereocenters. The van der Waals surface area contributed by atoms with Crippen molar-refractivity contribution in [2.24, 2.45) is 11.7 Å². The number of anilines is 1. The van der Waals surface area contributed by atoms with Gasteiger partial charge >= 0.3 is 0 Å². The lowest BCUT2D eigenvalue weighted by molar-refractivity contribution is -0.383. The van der Waals surface area contributed by atoms with Crippen molar-refractivity contribution in [2.45, 2.75) is 19.9 Å². The Bertz CT molecular complexity index is 410. The summed E-state index contributed by atoms with van der Waals surface area (Å²) >= 11 is 5.93. The average Bonchev–Trinajstić information content (AvgIpc) is 2.26. The molecule has 3 N–H and O–H groups in total. The zero-order valence-electron chi connectivity index (χ0n) is 9.81. The van der Waals surface area contributed by atoms with E-state index < -0.39 is 4.92 Å².